The number of aromatic nitrogens is 2. The van der Waals surface area contributed by atoms with Gasteiger partial charge in [-0.25, -0.2) is 4.79 Å². The van der Waals surface area contributed by atoms with Gasteiger partial charge in [0.25, 0.3) is 0 Å². The molecule has 0 N–H and O–H groups in total. The topological polar surface area (TPSA) is 62.6 Å². The number of nitrogens with zero attached hydrogens (tertiary/aromatic N) is 2. The van der Waals surface area contributed by atoms with Gasteiger partial charge in [-0.05, 0) is 38.1 Å². The number of hydrogen-bond donors (Lipinski definition) is 0. The van der Waals surface area contributed by atoms with Gasteiger partial charge in [0.15, 0.2) is 0 Å². The van der Waals surface area contributed by atoms with Crippen LogP contribution in [0.25, 0.3) is 0 Å². The average Bonchev–Trinajstić information content (AvgIpc) is 3.13. The molecule has 2 aromatic rings. The third-order valence-corrected chi connectivity index (χ3v) is 4.21. The Bertz CT molecular complexity index is 804. The van der Waals surface area contributed by atoms with E-state index in [0.717, 1.165) is 4.90 Å². The van der Waals surface area contributed by atoms with Crippen molar-refractivity contribution in [3.63, 3.8) is 0 Å². The Kier molecular flexibility index (Phi) is 7.80. The lowest BCUT2D eigenvalue weighted by Crippen LogP contribution is -2.15. The monoisotopic (exact) mass is 416 g/mol. The van der Waals surface area contributed by atoms with Gasteiger partial charge >= 0.3 is 12.1 Å². The van der Waals surface area contributed by atoms with Crippen LogP contribution in [0.1, 0.15) is 24.2 Å². The SMILES string of the molecule is CCOC(=O)c1cnn(CSc2ccc(O/C=C(\OCC)C(F)(F)F)cc2)c1. The molecule has 0 bridgehead atoms. The molecule has 2 rings (SSSR count). The highest BCUT2D eigenvalue weighted by atomic mass is 32.2. The maximum absolute atomic E-state index is 12.7. The number of benzene rings is 1. The average molecular weight is 416 g/mol. The van der Waals surface area contributed by atoms with Crippen molar-refractivity contribution in [2.75, 3.05) is 13.2 Å². The lowest BCUT2D eigenvalue weighted by molar-refractivity contribution is -0.132. The van der Waals surface area contributed by atoms with Gasteiger partial charge in [0, 0.05) is 11.1 Å². The Balaban J connectivity index is 1.91. The minimum absolute atomic E-state index is 0.115. The van der Waals surface area contributed by atoms with Crippen LogP contribution >= 0.6 is 11.8 Å². The number of carbonyl (C=O) groups is 1. The summed E-state index contributed by atoms with van der Waals surface area (Å²) in [6.07, 6.45) is -1.05. The van der Waals surface area contributed by atoms with Crippen LogP contribution in [0, 0.1) is 0 Å². The van der Waals surface area contributed by atoms with E-state index < -0.39 is 17.9 Å². The molecule has 0 aliphatic rings. The largest absolute Gasteiger partial charge is 0.487 e. The second-order valence-electron chi connectivity index (χ2n) is 5.26. The molecule has 0 radical (unpaired) electrons. The molecule has 1 aromatic heterocycles. The summed E-state index contributed by atoms with van der Waals surface area (Å²) in [6, 6.07) is 6.51. The number of ether oxygens (including phenoxy) is 3. The van der Waals surface area contributed by atoms with Gasteiger partial charge in [-0.1, -0.05) is 0 Å². The van der Waals surface area contributed by atoms with E-state index in [9.17, 15) is 18.0 Å². The van der Waals surface area contributed by atoms with E-state index in [-0.39, 0.29) is 19.0 Å². The van der Waals surface area contributed by atoms with E-state index in [1.165, 1.54) is 24.9 Å². The summed E-state index contributed by atoms with van der Waals surface area (Å²) >= 11 is 1.43. The second-order valence-corrected chi connectivity index (χ2v) is 6.28. The maximum Gasteiger partial charge on any atom is 0.452 e. The molecule has 152 valence electrons. The van der Waals surface area contributed by atoms with Crippen LogP contribution < -0.4 is 4.74 Å². The highest BCUT2D eigenvalue weighted by Crippen LogP contribution is 2.28. The van der Waals surface area contributed by atoms with Crippen molar-refractivity contribution in [2.45, 2.75) is 30.8 Å². The van der Waals surface area contributed by atoms with Crippen molar-refractivity contribution < 1.29 is 32.2 Å². The summed E-state index contributed by atoms with van der Waals surface area (Å²) < 4.78 is 54.2. The molecule has 0 saturated carbocycles. The first-order valence-electron chi connectivity index (χ1n) is 8.32. The number of thioether (sulfide) groups is 1. The zero-order valence-electron chi connectivity index (χ0n) is 15.2. The lowest BCUT2D eigenvalue weighted by Gasteiger charge is -2.12. The Morgan fingerprint density at radius 1 is 1.18 bits per heavy atom. The number of alkyl halides is 3. The van der Waals surface area contributed by atoms with Gasteiger partial charge in [-0.3, -0.25) is 4.68 Å². The van der Waals surface area contributed by atoms with Gasteiger partial charge in [-0.2, -0.15) is 18.3 Å². The highest BCUT2D eigenvalue weighted by Gasteiger charge is 2.36. The Morgan fingerprint density at radius 2 is 1.86 bits per heavy atom. The van der Waals surface area contributed by atoms with Crippen molar-refractivity contribution in [3.05, 3.63) is 54.2 Å². The molecule has 0 fully saturated rings. The quantitative estimate of drug-likeness (QED) is 0.337. The van der Waals surface area contributed by atoms with Gasteiger partial charge in [-0.15, -0.1) is 11.8 Å². The number of carbonyl (C=O) groups excluding carboxylic acids is 1. The van der Waals surface area contributed by atoms with Crippen LogP contribution in [0.2, 0.25) is 0 Å². The van der Waals surface area contributed by atoms with E-state index in [1.807, 2.05) is 0 Å². The van der Waals surface area contributed by atoms with Crippen LogP contribution in [0.3, 0.4) is 0 Å². The molecule has 0 aliphatic carbocycles. The Morgan fingerprint density at radius 3 is 2.46 bits per heavy atom. The first-order chi connectivity index (χ1) is 13.3. The molecule has 0 unspecified atom stereocenters. The molecule has 6 nitrogen and oxygen atoms in total. The predicted molar refractivity (Wildman–Crippen MR) is 96.9 cm³/mol. The standard InChI is InChI=1S/C18H19F3N2O4S/c1-3-25-16(18(19,20)21)11-27-14-5-7-15(8-6-14)28-12-23-10-13(9-22-23)17(24)26-4-2/h5-11H,3-4,12H2,1-2H3/b16-11-. The van der Waals surface area contributed by atoms with Crippen LogP contribution in [-0.4, -0.2) is 35.1 Å². The minimum Gasteiger partial charge on any atom is -0.487 e. The van der Waals surface area contributed by atoms with E-state index in [4.69, 9.17) is 9.47 Å². The van der Waals surface area contributed by atoms with Crippen LogP contribution in [0.5, 0.6) is 5.75 Å². The smallest absolute Gasteiger partial charge is 0.452 e. The van der Waals surface area contributed by atoms with Gasteiger partial charge in [0.1, 0.15) is 12.0 Å². The van der Waals surface area contributed by atoms with Gasteiger partial charge < -0.3 is 14.2 Å². The van der Waals surface area contributed by atoms with Crippen molar-refractivity contribution in [1.82, 2.24) is 9.78 Å². The van der Waals surface area contributed by atoms with Crippen molar-refractivity contribution in [3.8, 4) is 5.75 Å². The van der Waals surface area contributed by atoms with Crippen molar-refractivity contribution in [1.29, 1.82) is 0 Å². The Labute approximate surface area is 164 Å². The van der Waals surface area contributed by atoms with E-state index >= 15 is 0 Å². The fourth-order valence-corrected chi connectivity index (χ4v) is 2.72. The van der Waals surface area contributed by atoms with Crippen LogP contribution in [-0.2, 0) is 15.4 Å². The van der Waals surface area contributed by atoms with E-state index in [1.54, 1.807) is 42.1 Å². The Hall–Kier alpha value is -2.62. The molecule has 0 atom stereocenters. The van der Waals surface area contributed by atoms with E-state index in [0.29, 0.717) is 17.7 Å². The van der Waals surface area contributed by atoms with Crippen molar-refractivity contribution in [2.24, 2.45) is 0 Å². The zero-order valence-corrected chi connectivity index (χ0v) is 16.0. The molecule has 0 amide bonds. The minimum atomic E-state index is -4.61. The molecule has 1 aromatic carbocycles. The fraction of sp³-hybridized carbons (Fsp3) is 0.333. The summed E-state index contributed by atoms with van der Waals surface area (Å²) in [7, 11) is 0. The molecule has 0 aliphatic heterocycles. The van der Waals surface area contributed by atoms with Gasteiger partial charge in [0.2, 0.25) is 5.76 Å². The zero-order chi connectivity index (χ0) is 20.6. The summed E-state index contributed by atoms with van der Waals surface area (Å²) in [4.78, 5) is 12.5. The number of halogens is 3. The summed E-state index contributed by atoms with van der Waals surface area (Å²) in [5.41, 5.74) is 0.368. The van der Waals surface area contributed by atoms with Crippen LogP contribution in [0.15, 0.2) is 53.6 Å². The molecule has 10 heteroatoms. The molecule has 1 heterocycles. The predicted octanol–water partition coefficient (Wildman–Crippen LogP) is 4.63. The first kappa shape index (κ1) is 21.7. The lowest BCUT2D eigenvalue weighted by atomic mass is 10.3. The number of rotatable bonds is 9. The molecule has 0 spiro atoms. The molecular formula is C18H19F3N2O4S. The second kappa shape index (κ2) is 10.1. The summed E-state index contributed by atoms with van der Waals surface area (Å²) in [5.74, 6) is -0.931. The first-order valence-corrected chi connectivity index (χ1v) is 9.31. The number of allylic oxidation sites excluding steroid dienone is 1. The molecule has 28 heavy (non-hydrogen) atoms. The third-order valence-electron chi connectivity index (χ3n) is 3.21. The maximum atomic E-state index is 12.7. The fourth-order valence-electron chi connectivity index (χ4n) is 1.97. The van der Waals surface area contributed by atoms with Gasteiger partial charge in [0.05, 0.1) is 30.9 Å². The highest BCUT2D eigenvalue weighted by molar-refractivity contribution is 7.98. The number of esters is 1. The summed E-state index contributed by atoms with van der Waals surface area (Å²) in [5, 5.41) is 4.08. The summed E-state index contributed by atoms with van der Waals surface area (Å²) in [6.45, 7) is 3.36. The third kappa shape index (κ3) is 6.52. The van der Waals surface area contributed by atoms with Crippen LogP contribution in [0.4, 0.5) is 13.2 Å². The van der Waals surface area contributed by atoms with E-state index in [2.05, 4.69) is 9.84 Å². The van der Waals surface area contributed by atoms with Crippen molar-refractivity contribution >= 4 is 17.7 Å². The molecular weight excluding hydrogens is 397 g/mol. The normalized spacial score (nSPS) is 12.0. The number of hydrogen-bond acceptors (Lipinski definition) is 6. The molecule has 0 saturated heterocycles.